The molecule has 0 radical (unpaired) electrons. The predicted molar refractivity (Wildman–Crippen MR) is 104 cm³/mol. The first-order valence-electron chi connectivity index (χ1n) is 9.47. The number of aromatic hydroxyl groups is 1. The molecule has 142 valence electrons. The van der Waals surface area contributed by atoms with Crippen LogP contribution in [0.4, 0.5) is 4.39 Å². The van der Waals surface area contributed by atoms with Crippen LogP contribution in [0.3, 0.4) is 0 Å². The molecular formula is C22H30FNO2. The van der Waals surface area contributed by atoms with Crippen LogP contribution in [0.15, 0.2) is 18.2 Å². The molecule has 0 aliphatic heterocycles. The molecule has 1 heterocycles. The second kappa shape index (κ2) is 8.63. The Morgan fingerprint density at radius 1 is 1.00 bits per heavy atom. The Bertz CT molecular complexity index is 733. The van der Waals surface area contributed by atoms with Gasteiger partial charge in [-0.25, -0.2) is 4.39 Å². The molecule has 0 aliphatic carbocycles. The Morgan fingerprint density at radius 2 is 1.58 bits per heavy atom. The summed E-state index contributed by atoms with van der Waals surface area (Å²) in [6, 6.07) is 4.16. The zero-order valence-corrected chi connectivity index (χ0v) is 16.4. The highest BCUT2D eigenvalue weighted by atomic mass is 19.1. The summed E-state index contributed by atoms with van der Waals surface area (Å²) in [5.41, 5.74) is 5.55. The molecule has 2 rings (SSSR count). The predicted octanol–water partition coefficient (Wildman–Crippen LogP) is 5.33. The lowest BCUT2D eigenvalue weighted by Gasteiger charge is -2.25. The zero-order valence-electron chi connectivity index (χ0n) is 16.4. The summed E-state index contributed by atoms with van der Waals surface area (Å²) in [7, 11) is 0. The molecule has 0 unspecified atom stereocenters. The van der Waals surface area contributed by atoms with Crippen molar-refractivity contribution >= 4 is 0 Å². The van der Waals surface area contributed by atoms with Gasteiger partial charge in [-0.1, -0.05) is 41.0 Å². The molecular weight excluding hydrogens is 329 g/mol. The highest BCUT2D eigenvalue weighted by molar-refractivity contribution is 5.78. The van der Waals surface area contributed by atoms with Crippen LogP contribution >= 0.6 is 0 Å². The van der Waals surface area contributed by atoms with Crippen molar-refractivity contribution in [3.8, 4) is 16.9 Å². The minimum atomic E-state index is -0.464. The van der Waals surface area contributed by atoms with Gasteiger partial charge in [0.2, 0.25) is 0 Å². The van der Waals surface area contributed by atoms with Gasteiger partial charge in [-0.15, -0.1) is 0 Å². The number of phenolic OH excluding ortho intramolecular Hbond substituents is 1. The van der Waals surface area contributed by atoms with Crippen LogP contribution in [0.1, 0.15) is 75.4 Å². The largest absolute Gasteiger partial charge is 0.507 e. The van der Waals surface area contributed by atoms with Gasteiger partial charge in [-0.05, 0) is 53.5 Å². The summed E-state index contributed by atoms with van der Waals surface area (Å²) in [4.78, 5) is 4.98. The second-order valence-electron chi connectivity index (χ2n) is 7.41. The fourth-order valence-corrected chi connectivity index (χ4v) is 3.57. The number of aliphatic hydroxyl groups is 1. The molecule has 0 spiro atoms. The van der Waals surface area contributed by atoms with Crippen LogP contribution < -0.4 is 0 Å². The zero-order chi connectivity index (χ0) is 19.4. The summed E-state index contributed by atoms with van der Waals surface area (Å²) in [6.45, 7) is 10.5. The van der Waals surface area contributed by atoms with E-state index in [0.717, 1.165) is 47.0 Å². The number of rotatable bonds is 7. The molecule has 0 aliphatic rings. The van der Waals surface area contributed by atoms with Crippen molar-refractivity contribution in [1.82, 2.24) is 4.98 Å². The van der Waals surface area contributed by atoms with Gasteiger partial charge in [-0.3, -0.25) is 4.98 Å². The number of halogens is 1. The van der Waals surface area contributed by atoms with Crippen molar-refractivity contribution in [3.05, 3.63) is 46.5 Å². The van der Waals surface area contributed by atoms with Crippen molar-refractivity contribution in [3.63, 3.8) is 0 Å². The summed E-state index contributed by atoms with van der Waals surface area (Å²) in [5, 5.41) is 20.1. The van der Waals surface area contributed by atoms with E-state index in [0.29, 0.717) is 12.0 Å². The van der Waals surface area contributed by atoms with Crippen LogP contribution in [0.5, 0.6) is 5.75 Å². The third kappa shape index (κ3) is 4.07. The van der Waals surface area contributed by atoms with Crippen molar-refractivity contribution in [2.45, 2.75) is 65.7 Å². The van der Waals surface area contributed by atoms with Gasteiger partial charge in [-0.2, -0.15) is 0 Å². The highest BCUT2D eigenvalue weighted by Gasteiger charge is 2.24. The quantitative estimate of drug-likeness (QED) is 0.703. The Balaban J connectivity index is 2.95. The van der Waals surface area contributed by atoms with E-state index in [1.807, 2.05) is 0 Å². The standard InChI is InChI=1S/C22H30FNO2/c1-6-7-17-20(16-9-8-15(23)12-19(16)26)18(10-11-25)22(14(4)5)24-21(17)13(2)3/h8-9,12-14,25-26H,6-7,10-11H2,1-5H3. The Kier molecular flexibility index (Phi) is 6.76. The van der Waals surface area contributed by atoms with Crippen molar-refractivity contribution < 1.29 is 14.6 Å². The number of aromatic nitrogens is 1. The summed E-state index contributed by atoms with van der Waals surface area (Å²) in [5.74, 6) is -0.115. The maximum absolute atomic E-state index is 13.6. The van der Waals surface area contributed by atoms with Crippen LogP contribution in [0, 0.1) is 5.82 Å². The van der Waals surface area contributed by atoms with Gasteiger partial charge in [0.25, 0.3) is 0 Å². The first kappa shape index (κ1) is 20.4. The van der Waals surface area contributed by atoms with E-state index in [1.54, 1.807) is 6.07 Å². The number of hydrogen-bond donors (Lipinski definition) is 2. The Hall–Kier alpha value is -1.94. The van der Waals surface area contributed by atoms with Gasteiger partial charge in [0.15, 0.2) is 0 Å². The minimum absolute atomic E-state index is 0.00292. The van der Waals surface area contributed by atoms with E-state index < -0.39 is 5.82 Å². The molecule has 0 saturated heterocycles. The molecule has 1 aromatic carbocycles. The molecule has 1 aromatic heterocycles. The molecule has 3 nitrogen and oxygen atoms in total. The molecule has 0 atom stereocenters. The monoisotopic (exact) mass is 359 g/mol. The minimum Gasteiger partial charge on any atom is -0.507 e. The third-order valence-corrected chi connectivity index (χ3v) is 4.65. The molecule has 0 amide bonds. The van der Waals surface area contributed by atoms with Crippen LogP contribution in [0.2, 0.25) is 0 Å². The lowest BCUT2D eigenvalue weighted by Crippen LogP contribution is -2.13. The topological polar surface area (TPSA) is 53.4 Å². The van der Waals surface area contributed by atoms with Crippen LogP contribution in [-0.2, 0) is 12.8 Å². The van der Waals surface area contributed by atoms with Gasteiger partial charge in [0.05, 0.1) is 0 Å². The molecule has 0 saturated carbocycles. The van der Waals surface area contributed by atoms with Gasteiger partial charge < -0.3 is 10.2 Å². The van der Waals surface area contributed by atoms with E-state index in [-0.39, 0.29) is 24.2 Å². The number of hydrogen-bond acceptors (Lipinski definition) is 3. The maximum Gasteiger partial charge on any atom is 0.126 e. The average molecular weight is 359 g/mol. The molecule has 4 heteroatoms. The molecule has 0 bridgehead atoms. The fourth-order valence-electron chi connectivity index (χ4n) is 3.57. The van der Waals surface area contributed by atoms with Crippen LogP contribution in [0.25, 0.3) is 11.1 Å². The molecule has 2 aromatic rings. The van der Waals surface area contributed by atoms with Crippen molar-refractivity contribution in [2.75, 3.05) is 6.61 Å². The summed E-state index contributed by atoms with van der Waals surface area (Å²) < 4.78 is 13.6. The van der Waals surface area contributed by atoms with Crippen LogP contribution in [-0.4, -0.2) is 21.8 Å². The van der Waals surface area contributed by atoms with E-state index in [4.69, 9.17) is 4.98 Å². The average Bonchev–Trinajstić information content (AvgIpc) is 2.56. The number of phenols is 1. The first-order chi connectivity index (χ1) is 12.3. The smallest absolute Gasteiger partial charge is 0.126 e. The maximum atomic E-state index is 13.6. The first-order valence-corrected chi connectivity index (χ1v) is 9.47. The molecule has 2 N–H and O–H groups in total. The Labute approximate surface area is 155 Å². The van der Waals surface area contributed by atoms with Crippen molar-refractivity contribution in [1.29, 1.82) is 0 Å². The molecule has 0 fully saturated rings. The number of aliphatic hydroxyl groups excluding tert-OH is 1. The lowest BCUT2D eigenvalue weighted by molar-refractivity contribution is 0.299. The SMILES string of the molecule is CCCc1c(C(C)C)nc(C(C)C)c(CCO)c1-c1ccc(F)cc1O. The highest BCUT2D eigenvalue weighted by Crippen LogP contribution is 2.41. The number of nitrogens with zero attached hydrogens (tertiary/aromatic N) is 1. The van der Waals surface area contributed by atoms with Gasteiger partial charge in [0, 0.05) is 29.6 Å². The number of pyridine rings is 1. The van der Waals surface area contributed by atoms with E-state index in [2.05, 4.69) is 34.6 Å². The molecule has 26 heavy (non-hydrogen) atoms. The fraction of sp³-hybridized carbons (Fsp3) is 0.500. The lowest BCUT2D eigenvalue weighted by atomic mass is 9.84. The summed E-state index contributed by atoms with van der Waals surface area (Å²) in [6.07, 6.45) is 2.22. The third-order valence-electron chi connectivity index (χ3n) is 4.65. The van der Waals surface area contributed by atoms with Gasteiger partial charge in [0.1, 0.15) is 11.6 Å². The summed E-state index contributed by atoms with van der Waals surface area (Å²) >= 11 is 0. The van der Waals surface area contributed by atoms with E-state index in [9.17, 15) is 14.6 Å². The van der Waals surface area contributed by atoms with Crippen molar-refractivity contribution in [2.24, 2.45) is 0 Å². The van der Waals surface area contributed by atoms with E-state index in [1.165, 1.54) is 6.07 Å². The Morgan fingerprint density at radius 3 is 2.04 bits per heavy atom. The second-order valence-corrected chi connectivity index (χ2v) is 7.41. The normalized spacial score (nSPS) is 11.6. The van der Waals surface area contributed by atoms with Gasteiger partial charge >= 0.3 is 0 Å². The van der Waals surface area contributed by atoms with E-state index >= 15 is 0 Å². The number of benzene rings is 1.